The van der Waals surface area contributed by atoms with E-state index in [1.165, 1.54) is 24.8 Å². The quantitative estimate of drug-likeness (QED) is 0.790. The van der Waals surface area contributed by atoms with Gasteiger partial charge in [-0.2, -0.15) is 0 Å². The lowest BCUT2D eigenvalue weighted by atomic mass is 9.74. The molecule has 1 heteroatoms. The van der Waals surface area contributed by atoms with Gasteiger partial charge in [0.15, 0.2) is 0 Å². The maximum atomic E-state index is 10.6. The molecule has 0 heterocycles. The van der Waals surface area contributed by atoms with E-state index in [1.54, 1.807) is 0 Å². The Labute approximate surface area is 111 Å². The van der Waals surface area contributed by atoms with Gasteiger partial charge in [0.05, 0.1) is 6.10 Å². The summed E-state index contributed by atoms with van der Waals surface area (Å²) < 4.78 is 0. The van der Waals surface area contributed by atoms with Crippen molar-refractivity contribution in [2.24, 2.45) is 11.8 Å². The Bertz CT molecular complexity index is 342. The lowest BCUT2D eigenvalue weighted by molar-refractivity contribution is 0.0745. The average Bonchev–Trinajstić information content (AvgIpc) is 2.35. The van der Waals surface area contributed by atoms with Crippen LogP contribution in [0.15, 0.2) is 30.3 Å². The summed E-state index contributed by atoms with van der Waals surface area (Å²) in [4.78, 5) is 0. The normalized spacial score (nSPS) is 21.1. The summed E-state index contributed by atoms with van der Waals surface area (Å²) in [5.41, 5.74) is 1.30. The van der Waals surface area contributed by atoms with E-state index in [0.717, 1.165) is 18.8 Å². The van der Waals surface area contributed by atoms with Crippen molar-refractivity contribution in [1.82, 2.24) is 0 Å². The van der Waals surface area contributed by atoms with Crippen molar-refractivity contribution in [2.45, 2.75) is 58.0 Å². The van der Waals surface area contributed by atoms with Gasteiger partial charge in [0.25, 0.3) is 0 Å². The zero-order valence-electron chi connectivity index (χ0n) is 11.7. The van der Waals surface area contributed by atoms with Crippen LogP contribution in [0.5, 0.6) is 0 Å². The van der Waals surface area contributed by atoms with Gasteiger partial charge in [0.2, 0.25) is 0 Å². The van der Waals surface area contributed by atoms with Crippen molar-refractivity contribution < 1.29 is 5.11 Å². The Balaban J connectivity index is 2.08. The van der Waals surface area contributed by atoms with Gasteiger partial charge in [-0.25, -0.2) is 0 Å². The Morgan fingerprint density at radius 1 is 1.22 bits per heavy atom. The van der Waals surface area contributed by atoms with Crippen molar-refractivity contribution in [1.29, 1.82) is 0 Å². The van der Waals surface area contributed by atoms with Crippen LogP contribution in [0.25, 0.3) is 0 Å². The molecule has 1 aliphatic rings. The van der Waals surface area contributed by atoms with Crippen LogP contribution in [0.1, 0.15) is 57.4 Å². The number of benzene rings is 1. The molecule has 0 bridgehead atoms. The van der Waals surface area contributed by atoms with Gasteiger partial charge >= 0.3 is 0 Å². The maximum Gasteiger partial charge on any atom is 0.0613 e. The second-order valence-electron chi connectivity index (χ2n) is 5.92. The second kappa shape index (κ2) is 6.38. The monoisotopic (exact) mass is 246 g/mol. The number of aliphatic hydroxyl groups is 1. The first-order valence-electron chi connectivity index (χ1n) is 7.45. The molecule has 3 atom stereocenters. The maximum absolute atomic E-state index is 10.6. The molecule has 0 amide bonds. The number of hydrogen-bond donors (Lipinski definition) is 1. The van der Waals surface area contributed by atoms with Crippen LogP contribution in [0, 0.1) is 11.8 Å². The predicted molar refractivity (Wildman–Crippen MR) is 76.6 cm³/mol. The molecule has 0 saturated heterocycles. The van der Waals surface area contributed by atoms with Crippen molar-refractivity contribution >= 4 is 0 Å². The second-order valence-corrected chi connectivity index (χ2v) is 5.92. The van der Waals surface area contributed by atoms with Gasteiger partial charge in [-0.3, -0.25) is 0 Å². The fourth-order valence-electron chi connectivity index (χ4n) is 3.08. The summed E-state index contributed by atoms with van der Waals surface area (Å²) >= 11 is 0. The minimum atomic E-state index is -0.173. The highest BCUT2D eigenvalue weighted by atomic mass is 16.3. The highest BCUT2D eigenvalue weighted by molar-refractivity contribution is 5.21. The molecule has 1 nitrogen and oxygen atoms in total. The fraction of sp³-hybridized carbons (Fsp3) is 0.647. The van der Waals surface area contributed by atoms with Gasteiger partial charge in [0, 0.05) is 5.92 Å². The van der Waals surface area contributed by atoms with Crippen LogP contribution in [0.4, 0.5) is 0 Å². The number of hydrogen-bond acceptors (Lipinski definition) is 1. The van der Waals surface area contributed by atoms with Crippen LogP contribution in [0.2, 0.25) is 0 Å². The van der Waals surface area contributed by atoms with Crippen LogP contribution in [-0.2, 0) is 0 Å². The predicted octanol–water partition coefficient (Wildman–Crippen LogP) is 4.37. The summed E-state index contributed by atoms with van der Waals surface area (Å²) in [7, 11) is 0. The van der Waals surface area contributed by atoms with E-state index in [2.05, 4.69) is 44.2 Å². The van der Waals surface area contributed by atoms with E-state index in [0.29, 0.717) is 11.8 Å². The van der Waals surface area contributed by atoms with Crippen molar-refractivity contribution in [3.05, 3.63) is 35.9 Å². The van der Waals surface area contributed by atoms with Crippen LogP contribution in [-0.4, -0.2) is 11.2 Å². The molecule has 1 aromatic carbocycles. The highest BCUT2D eigenvalue weighted by Gasteiger charge is 2.29. The number of aliphatic hydroxyl groups excluding tert-OH is 1. The molecule has 18 heavy (non-hydrogen) atoms. The van der Waals surface area contributed by atoms with E-state index in [1.807, 2.05) is 0 Å². The first-order chi connectivity index (χ1) is 8.72. The molecule has 0 radical (unpaired) electrons. The molecule has 0 spiro atoms. The molecule has 0 aromatic heterocycles. The molecule has 100 valence electrons. The lowest BCUT2D eigenvalue weighted by Crippen LogP contribution is -2.28. The smallest absolute Gasteiger partial charge is 0.0613 e. The summed E-state index contributed by atoms with van der Waals surface area (Å²) in [6.45, 7) is 4.48. The third kappa shape index (κ3) is 3.14. The standard InChI is InChI=1S/C17H26O/c1-3-13(2)17(15-10-5-4-6-11-15)16(18)12-14-8-7-9-14/h4-6,10-11,13-14,16-18H,3,7-9,12H2,1-2H3. The molecule has 1 fully saturated rings. The van der Waals surface area contributed by atoms with Crippen molar-refractivity contribution in [2.75, 3.05) is 0 Å². The molecule has 1 aliphatic carbocycles. The zero-order chi connectivity index (χ0) is 13.0. The SMILES string of the molecule is CCC(C)C(c1ccccc1)C(O)CC1CCC1. The first kappa shape index (κ1) is 13.6. The molecule has 1 saturated carbocycles. The van der Waals surface area contributed by atoms with Crippen LogP contribution in [0.3, 0.4) is 0 Å². The van der Waals surface area contributed by atoms with Gasteiger partial charge in [-0.15, -0.1) is 0 Å². The van der Waals surface area contributed by atoms with E-state index >= 15 is 0 Å². The highest BCUT2D eigenvalue weighted by Crippen LogP contribution is 2.37. The average molecular weight is 246 g/mol. The van der Waals surface area contributed by atoms with E-state index in [-0.39, 0.29) is 6.10 Å². The third-order valence-electron chi connectivity index (χ3n) is 4.66. The molecule has 1 N–H and O–H groups in total. The minimum Gasteiger partial charge on any atom is -0.392 e. The van der Waals surface area contributed by atoms with Gasteiger partial charge in [-0.1, -0.05) is 69.9 Å². The van der Waals surface area contributed by atoms with Crippen LogP contribution >= 0.6 is 0 Å². The Morgan fingerprint density at radius 3 is 2.39 bits per heavy atom. The van der Waals surface area contributed by atoms with Gasteiger partial charge in [-0.05, 0) is 23.8 Å². The Morgan fingerprint density at radius 2 is 1.89 bits per heavy atom. The summed E-state index contributed by atoms with van der Waals surface area (Å²) in [6.07, 6.45) is 5.94. The molecular weight excluding hydrogens is 220 g/mol. The molecule has 2 rings (SSSR count). The fourth-order valence-corrected chi connectivity index (χ4v) is 3.08. The molecule has 0 aliphatic heterocycles. The zero-order valence-corrected chi connectivity index (χ0v) is 11.7. The molecular formula is C17H26O. The third-order valence-corrected chi connectivity index (χ3v) is 4.66. The van der Waals surface area contributed by atoms with E-state index < -0.39 is 0 Å². The topological polar surface area (TPSA) is 20.2 Å². The Kier molecular flexibility index (Phi) is 4.82. The first-order valence-corrected chi connectivity index (χ1v) is 7.45. The molecule has 1 aromatic rings. The van der Waals surface area contributed by atoms with E-state index in [9.17, 15) is 5.11 Å². The molecule has 3 unspecified atom stereocenters. The van der Waals surface area contributed by atoms with Gasteiger partial charge in [0.1, 0.15) is 0 Å². The number of rotatable bonds is 6. The summed E-state index contributed by atoms with van der Waals surface area (Å²) in [5.74, 6) is 1.62. The van der Waals surface area contributed by atoms with Gasteiger partial charge < -0.3 is 5.11 Å². The summed E-state index contributed by atoms with van der Waals surface area (Å²) in [6, 6.07) is 10.6. The van der Waals surface area contributed by atoms with Crippen LogP contribution < -0.4 is 0 Å². The Hall–Kier alpha value is -0.820. The minimum absolute atomic E-state index is 0.173. The van der Waals surface area contributed by atoms with Crippen molar-refractivity contribution in [3.63, 3.8) is 0 Å². The lowest BCUT2D eigenvalue weighted by Gasteiger charge is -2.34. The van der Waals surface area contributed by atoms with Crippen molar-refractivity contribution in [3.8, 4) is 0 Å². The summed E-state index contributed by atoms with van der Waals surface area (Å²) in [5, 5.41) is 10.6. The largest absolute Gasteiger partial charge is 0.392 e. The van der Waals surface area contributed by atoms with E-state index in [4.69, 9.17) is 0 Å².